The van der Waals surface area contributed by atoms with Gasteiger partial charge in [0.1, 0.15) is 0 Å². The van der Waals surface area contributed by atoms with E-state index in [1.807, 2.05) is 0 Å². The second-order valence-electron chi connectivity index (χ2n) is 14.0. The van der Waals surface area contributed by atoms with E-state index in [-0.39, 0.29) is 42.4 Å². The van der Waals surface area contributed by atoms with Gasteiger partial charge in [0.25, 0.3) is 10.1 Å². The Labute approximate surface area is 324 Å². The van der Waals surface area contributed by atoms with Crippen molar-refractivity contribution in [1.82, 2.24) is 0 Å². The Kier molecular flexibility index (Phi) is 35.4. The van der Waals surface area contributed by atoms with Crippen molar-refractivity contribution in [3.63, 3.8) is 0 Å². The summed E-state index contributed by atoms with van der Waals surface area (Å²) in [5.74, 6) is -4.94. The number of carbonyl (C=O) groups is 2. The summed E-state index contributed by atoms with van der Waals surface area (Å²) in [5, 5.41) is 20.0. The molecule has 49 heavy (non-hydrogen) atoms. The van der Waals surface area contributed by atoms with Crippen molar-refractivity contribution < 1.29 is 32.8 Å². The first kappa shape index (κ1) is 50.4. The largest absolute Gasteiger partial charge is 0.481 e. The van der Waals surface area contributed by atoms with Gasteiger partial charge in [-0.05, 0) is 64.2 Å². The molecule has 0 saturated heterocycles. The SMILES string of the molecule is CCCCCCCCC=CCCCCCCCCC(C(=O)O)C(CCCCCCCCC=CCCCCCCCC)(C(=O)O)S(=O)(=O)O.[Na]. The van der Waals surface area contributed by atoms with Gasteiger partial charge >= 0.3 is 11.9 Å². The maximum Gasteiger partial charge on any atom is 0.328 e. The monoisotopic (exact) mass is 722 g/mol. The Balaban J connectivity index is 0. The van der Waals surface area contributed by atoms with Gasteiger partial charge in [0.15, 0.2) is 0 Å². The molecule has 0 bridgehead atoms. The molecular formula is C40H74NaO7S. The molecule has 3 N–H and O–H groups in total. The zero-order valence-electron chi connectivity index (χ0n) is 32.0. The van der Waals surface area contributed by atoms with Crippen molar-refractivity contribution in [1.29, 1.82) is 0 Å². The van der Waals surface area contributed by atoms with Crippen LogP contribution in [0.4, 0.5) is 0 Å². The zero-order valence-corrected chi connectivity index (χ0v) is 34.8. The summed E-state index contributed by atoms with van der Waals surface area (Å²) >= 11 is 0. The quantitative estimate of drug-likeness (QED) is 0.0254. The summed E-state index contributed by atoms with van der Waals surface area (Å²) in [6.07, 6.45) is 38.6. The smallest absolute Gasteiger partial charge is 0.328 e. The number of hydrogen-bond donors (Lipinski definition) is 3. The van der Waals surface area contributed by atoms with Crippen LogP contribution in [-0.2, 0) is 19.7 Å². The number of allylic oxidation sites excluding steroid dienone is 4. The van der Waals surface area contributed by atoms with Gasteiger partial charge in [0, 0.05) is 29.6 Å². The molecule has 0 saturated carbocycles. The van der Waals surface area contributed by atoms with E-state index >= 15 is 0 Å². The molecule has 0 spiro atoms. The van der Waals surface area contributed by atoms with Crippen LogP contribution in [0, 0.1) is 5.92 Å². The van der Waals surface area contributed by atoms with E-state index in [4.69, 9.17) is 0 Å². The Morgan fingerprint density at radius 2 is 0.837 bits per heavy atom. The van der Waals surface area contributed by atoms with Gasteiger partial charge in [-0.2, -0.15) is 8.42 Å². The van der Waals surface area contributed by atoms with Crippen LogP contribution >= 0.6 is 0 Å². The molecule has 0 aromatic rings. The average Bonchev–Trinajstić information content (AvgIpc) is 3.03. The van der Waals surface area contributed by atoms with Crippen LogP contribution in [0.15, 0.2) is 24.3 Å². The van der Waals surface area contributed by atoms with Crippen molar-refractivity contribution >= 4 is 51.6 Å². The van der Waals surface area contributed by atoms with Crippen molar-refractivity contribution in [3.05, 3.63) is 24.3 Å². The summed E-state index contributed by atoms with van der Waals surface area (Å²) in [6, 6.07) is 0. The molecule has 0 rings (SSSR count). The van der Waals surface area contributed by atoms with Crippen LogP contribution in [-0.4, -0.2) is 69.4 Å². The minimum atomic E-state index is -5.16. The molecule has 2 unspecified atom stereocenters. The number of hydrogen-bond acceptors (Lipinski definition) is 4. The summed E-state index contributed by atoms with van der Waals surface area (Å²) in [6.45, 7) is 4.47. The van der Waals surface area contributed by atoms with Gasteiger partial charge in [-0.25, -0.2) is 0 Å². The normalized spacial score (nSPS) is 13.9. The Morgan fingerprint density at radius 1 is 0.531 bits per heavy atom. The first-order valence-electron chi connectivity index (χ1n) is 19.9. The van der Waals surface area contributed by atoms with Crippen LogP contribution in [0.1, 0.15) is 206 Å². The van der Waals surface area contributed by atoms with Crippen molar-refractivity contribution in [2.75, 3.05) is 0 Å². The second kappa shape index (κ2) is 34.4. The van der Waals surface area contributed by atoms with E-state index in [2.05, 4.69) is 38.2 Å². The van der Waals surface area contributed by atoms with Gasteiger partial charge in [-0.3, -0.25) is 14.1 Å². The van der Waals surface area contributed by atoms with E-state index < -0.39 is 39.1 Å². The maximum absolute atomic E-state index is 12.5. The molecule has 2 atom stereocenters. The van der Waals surface area contributed by atoms with E-state index in [1.54, 1.807) is 0 Å². The molecule has 0 aliphatic carbocycles. The fraction of sp³-hybridized carbons (Fsp3) is 0.850. The molecule has 7 nitrogen and oxygen atoms in total. The molecule has 0 aliphatic rings. The first-order valence-corrected chi connectivity index (χ1v) is 21.3. The second-order valence-corrected chi connectivity index (χ2v) is 15.7. The zero-order chi connectivity index (χ0) is 35.8. The molecule has 283 valence electrons. The number of unbranched alkanes of at least 4 members (excludes halogenated alkanes) is 24. The fourth-order valence-electron chi connectivity index (χ4n) is 6.64. The van der Waals surface area contributed by atoms with E-state index in [0.29, 0.717) is 19.3 Å². The topological polar surface area (TPSA) is 129 Å². The summed E-state index contributed by atoms with van der Waals surface area (Å²) in [5.41, 5.74) is 0. The molecule has 0 amide bonds. The summed E-state index contributed by atoms with van der Waals surface area (Å²) in [4.78, 5) is 24.6. The molecule has 9 heteroatoms. The Bertz CT molecular complexity index is 950. The molecule has 0 fully saturated rings. The van der Waals surface area contributed by atoms with Crippen molar-refractivity contribution in [3.8, 4) is 0 Å². The third-order valence-corrected chi connectivity index (χ3v) is 11.3. The van der Waals surface area contributed by atoms with Crippen LogP contribution < -0.4 is 0 Å². The van der Waals surface area contributed by atoms with Crippen molar-refractivity contribution in [2.24, 2.45) is 5.92 Å². The van der Waals surface area contributed by atoms with Crippen LogP contribution in [0.25, 0.3) is 0 Å². The minimum Gasteiger partial charge on any atom is -0.481 e. The average molecular weight is 722 g/mol. The molecule has 0 aromatic heterocycles. The summed E-state index contributed by atoms with van der Waals surface area (Å²) < 4.78 is 32.4. The molecule has 0 heterocycles. The number of carboxylic acid groups (broad SMARTS) is 2. The Morgan fingerprint density at radius 3 is 1.14 bits per heavy atom. The van der Waals surface area contributed by atoms with E-state index in [0.717, 1.165) is 77.0 Å². The molecular weight excluding hydrogens is 647 g/mol. The third kappa shape index (κ3) is 25.9. The number of aliphatic carboxylic acids is 2. The van der Waals surface area contributed by atoms with Crippen LogP contribution in [0.5, 0.6) is 0 Å². The number of rotatable bonds is 36. The van der Waals surface area contributed by atoms with Crippen LogP contribution in [0.3, 0.4) is 0 Å². The van der Waals surface area contributed by atoms with Crippen molar-refractivity contribution in [2.45, 2.75) is 211 Å². The van der Waals surface area contributed by atoms with Gasteiger partial charge in [0.2, 0.25) is 4.75 Å². The van der Waals surface area contributed by atoms with E-state index in [1.165, 1.54) is 77.0 Å². The van der Waals surface area contributed by atoms with Gasteiger partial charge < -0.3 is 10.2 Å². The molecule has 1 radical (unpaired) electrons. The van der Waals surface area contributed by atoms with Gasteiger partial charge in [-0.1, -0.05) is 167 Å². The molecule has 0 aliphatic heterocycles. The molecule has 0 aromatic carbocycles. The predicted molar refractivity (Wildman–Crippen MR) is 207 cm³/mol. The van der Waals surface area contributed by atoms with Gasteiger partial charge in [0.05, 0.1) is 5.92 Å². The Hall–Kier alpha value is -0.670. The van der Waals surface area contributed by atoms with Gasteiger partial charge in [-0.15, -0.1) is 0 Å². The van der Waals surface area contributed by atoms with Crippen LogP contribution in [0.2, 0.25) is 0 Å². The third-order valence-electron chi connectivity index (χ3n) is 9.75. The standard InChI is InChI=1S/C40H74O7S.Na/c1-3-5-7-9-11-13-15-17-19-21-23-25-27-29-31-33-35-37(38(41)42)40(39(43)44,48(45,46)47)36-34-32-30-28-26-24-22-20-18-16-14-12-10-8-6-4-2;/h17-20,37H,3-16,21-36H2,1-2H3,(H,41,42)(H,43,44)(H,45,46,47);. The fourth-order valence-corrected chi connectivity index (χ4v) is 7.84. The first-order chi connectivity index (χ1) is 23.1. The minimum absolute atomic E-state index is 0. The maximum atomic E-state index is 12.5. The predicted octanol–water partition coefficient (Wildman–Crippen LogP) is 11.9. The number of carboxylic acids is 2. The summed E-state index contributed by atoms with van der Waals surface area (Å²) in [7, 11) is -5.16. The van der Waals surface area contributed by atoms with E-state index in [9.17, 15) is 32.8 Å².